The summed E-state index contributed by atoms with van der Waals surface area (Å²) in [5.41, 5.74) is 3.96. The van der Waals surface area contributed by atoms with E-state index >= 15 is 0 Å². The van der Waals surface area contributed by atoms with E-state index in [2.05, 4.69) is 25.6 Å². The zero-order chi connectivity index (χ0) is 23.7. The molecule has 1 heterocycles. The third-order valence-electron chi connectivity index (χ3n) is 5.01. The van der Waals surface area contributed by atoms with Crippen LogP contribution in [-0.2, 0) is 21.2 Å². The lowest BCUT2D eigenvalue weighted by molar-refractivity contribution is -0.137. The van der Waals surface area contributed by atoms with E-state index < -0.39 is 16.0 Å². The summed E-state index contributed by atoms with van der Waals surface area (Å²) in [5.74, 6) is -0.800. The number of aromatic nitrogens is 1. The van der Waals surface area contributed by atoms with Gasteiger partial charge in [0.1, 0.15) is 0 Å². The summed E-state index contributed by atoms with van der Waals surface area (Å²) in [4.78, 5) is 15.2. The van der Waals surface area contributed by atoms with Gasteiger partial charge in [0.2, 0.25) is 10.0 Å². The molecule has 1 aromatic heterocycles. The maximum absolute atomic E-state index is 12.4. The Kier molecular flexibility index (Phi) is 8.94. The monoisotopic (exact) mass is 528 g/mol. The minimum absolute atomic E-state index is 0.131. The maximum Gasteiger partial charge on any atom is 0.303 e. The fraction of sp³-hybridized carbons (Fsp3) is 0.200. The molecule has 0 aliphatic carbocycles. The van der Waals surface area contributed by atoms with Gasteiger partial charge in [0.25, 0.3) is 0 Å². The molecule has 0 atom stereocenters. The first-order valence-corrected chi connectivity index (χ1v) is 12.8. The average molecular weight is 529 g/mol. The van der Waals surface area contributed by atoms with Crippen LogP contribution in [-0.4, -0.2) is 31.0 Å². The quantitative estimate of drug-likeness (QED) is 0.339. The van der Waals surface area contributed by atoms with Crippen molar-refractivity contribution in [3.8, 4) is 0 Å². The SMILES string of the molecule is O=C(O)CCCC=C(c1ccc(CCNS(=O)(=O)c2ccc(Br)cc2)cc1)c1cccnc1. The van der Waals surface area contributed by atoms with Gasteiger partial charge in [-0.15, -0.1) is 0 Å². The molecule has 2 aromatic carbocycles. The van der Waals surface area contributed by atoms with Gasteiger partial charge in [0.05, 0.1) is 4.90 Å². The molecule has 0 unspecified atom stereocenters. The van der Waals surface area contributed by atoms with Gasteiger partial charge >= 0.3 is 5.97 Å². The predicted molar refractivity (Wildman–Crippen MR) is 132 cm³/mol. The zero-order valence-electron chi connectivity index (χ0n) is 17.9. The van der Waals surface area contributed by atoms with Gasteiger partial charge in [0.15, 0.2) is 0 Å². The van der Waals surface area contributed by atoms with Crippen LogP contribution in [0.3, 0.4) is 0 Å². The van der Waals surface area contributed by atoms with E-state index in [1.165, 1.54) is 0 Å². The average Bonchev–Trinajstić information content (AvgIpc) is 2.80. The second-order valence-corrected chi connectivity index (χ2v) is 10.1. The van der Waals surface area contributed by atoms with Gasteiger partial charge < -0.3 is 5.11 Å². The van der Waals surface area contributed by atoms with Gasteiger partial charge in [-0.1, -0.05) is 52.3 Å². The number of benzene rings is 2. The number of unbranched alkanes of at least 4 members (excludes halogenated alkanes) is 1. The molecule has 33 heavy (non-hydrogen) atoms. The van der Waals surface area contributed by atoms with Crippen molar-refractivity contribution >= 4 is 37.5 Å². The van der Waals surface area contributed by atoms with E-state index in [1.54, 1.807) is 36.7 Å². The normalized spacial score (nSPS) is 12.0. The van der Waals surface area contributed by atoms with Gasteiger partial charge in [0, 0.05) is 35.4 Å². The summed E-state index contributed by atoms with van der Waals surface area (Å²) in [6, 6.07) is 18.3. The molecule has 0 radical (unpaired) electrons. The van der Waals surface area contributed by atoms with Gasteiger partial charge in [-0.3, -0.25) is 9.78 Å². The van der Waals surface area contributed by atoms with Crippen LogP contribution in [0.15, 0.2) is 88.5 Å². The van der Waals surface area contributed by atoms with Gasteiger partial charge in [-0.2, -0.15) is 0 Å². The highest BCUT2D eigenvalue weighted by Crippen LogP contribution is 2.24. The van der Waals surface area contributed by atoms with Crippen LogP contribution in [0.1, 0.15) is 36.0 Å². The number of carboxylic acid groups (broad SMARTS) is 1. The Morgan fingerprint density at radius 3 is 2.39 bits per heavy atom. The molecule has 0 aliphatic rings. The van der Waals surface area contributed by atoms with Crippen molar-refractivity contribution in [2.75, 3.05) is 6.54 Å². The minimum atomic E-state index is -3.55. The smallest absolute Gasteiger partial charge is 0.303 e. The molecule has 172 valence electrons. The van der Waals surface area contributed by atoms with Crippen molar-refractivity contribution in [1.82, 2.24) is 9.71 Å². The number of hydrogen-bond acceptors (Lipinski definition) is 4. The summed E-state index contributed by atoms with van der Waals surface area (Å²) < 4.78 is 28.3. The highest BCUT2D eigenvalue weighted by molar-refractivity contribution is 9.10. The number of aliphatic carboxylic acids is 1. The number of allylic oxidation sites excluding steroid dienone is 1. The second kappa shape index (κ2) is 11.9. The van der Waals surface area contributed by atoms with E-state index in [1.807, 2.05) is 42.5 Å². The molecule has 6 nitrogen and oxygen atoms in total. The van der Waals surface area contributed by atoms with Crippen molar-refractivity contribution in [3.63, 3.8) is 0 Å². The third-order valence-corrected chi connectivity index (χ3v) is 7.02. The van der Waals surface area contributed by atoms with E-state index in [0.717, 1.165) is 26.7 Å². The fourth-order valence-electron chi connectivity index (χ4n) is 3.30. The lowest BCUT2D eigenvalue weighted by atomic mass is 9.96. The molecule has 2 N–H and O–H groups in total. The van der Waals surface area contributed by atoms with E-state index in [0.29, 0.717) is 19.3 Å². The molecule has 0 saturated heterocycles. The fourth-order valence-corrected chi connectivity index (χ4v) is 4.60. The molecular formula is C25H25BrN2O4S. The van der Waals surface area contributed by atoms with Crippen molar-refractivity contribution in [3.05, 3.63) is 100 Å². The molecule has 0 bridgehead atoms. The van der Waals surface area contributed by atoms with Gasteiger partial charge in [-0.05, 0) is 66.3 Å². The molecule has 0 saturated carbocycles. The number of nitrogens with one attached hydrogen (secondary N) is 1. The van der Waals surface area contributed by atoms with Crippen LogP contribution >= 0.6 is 15.9 Å². The molecule has 0 fully saturated rings. The van der Waals surface area contributed by atoms with Crippen molar-refractivity contribution in [2.24, 2.45) is 0 Å². The van der Waals surface area contributed by atoms with Gasteiger partial charge in [-0.25, -0.2) is 13.1 Å². The zero-order valence-corrected chi connectivity index (χ0v) is 20.3. The predicted octanol–water partition coefficient (Wildman–Crippen LogP) is 5.05. The maximum atomic E-state index is 12.4. The van der Waals surface area contributed by atoms with E-state index in [9.17, 15) is 13.2 Å². The van der Waals surface area contributed by atoms with E-state index in [-0.39, 0.29) is 17.9 Å². The van der Waals surface area contributed by atoms with Crippen LogP contribution in [0.2, 0.25) is 0 Å². The first kappa shape index (κ1) is 24.8. The third kappa shape index (κ3) is 7.63. The first-order chi connectivity index (χ1) is 15.8. The molecule has 0 spiro atoms. The van der Waals surface area contributed by atoms with Crippen LogP contribution in [0.5, 0.6) is 0 Å². The molecule has 0 aliphatic heterocycles. The number of nitrogens with zero attached hydrogens (tertiary/aromatic N) is 1. The number of pyridine rings is 1. The van der Waals surface area contributed by atoms with E-state index in [4.69, 9.17) is 5.11 Å². The Balaban J connectivity index is 1.65. The summed E-state index contributed by atoms with van der Waals surface area (Å²) >= 11 is 3.30. The number of carbonyl (C=O) groups is 1. The largest absolute Gasteiger partial charge is 0.481 e. The van der Waals surface area contributed by atoms with Crippen LogP contribution in [0.4, 0.5) is 0 Å². The topological polar surface area (TPSA) is 96.4 Å². The molecule has 3 rings (SSSR count). The summed E-state index contributed by atoms with van der Waals surface area (Å²) in [5, 5.41) is 8.86. The Hall–Kier alpha value is -2.81. The van der Waals surface area contributed by atoms with Crippen LogP contribution < -0.4 is 4.72 Å². The minimum Gasteiger partial charge on any atom is -0.481 e. The standard InChI is InChI=1S/C25H25BrN2O4S/c26-22-11-13-23(14-12-22)33(31,32)28-17-15-19-7-9-20(10-8-19)24(5-1-2-6-25(29)30)21-4-3-16-27-18-21/h3-5,7-14,16,18,28H,1-2,6,15,17H2,(H,29,30). The number of carboxylic acids is 1. The highest BCUT2D eigenvalue weighted by Gasteiger charge is 2.13. The summed E-state index contributed by atoms with van der Waals surface area (Å²) in [6.07, 6.45) is 7.44. The van der Waals surface area contributed by atoms with Crippen molar-refractivity contribution < 1.29 is 18.3 Å². The number of halogens is 1. The van der Waals surface area contributed by atoms with Crippen molar-refractivity contribution in [2.45, 2.75) is 30.6 Å². The summed E-state index contributed by atoms with van der Waals surface area (Å²) in [6.45, 7) is 0.290. The lowest BCUT2D eigenvalue weighted by Gasteiger charge is -2.10. The highest BCUT2D eigenvalue weighted by atomic mass is 79.9. The Morgan fingerprint density at radius 2 is 1.76 bits per heavy atom. The molecular weight excluding hydrogens is 504 g/mol. The lowest BCUT2D eigenvalue weighted by Crippen LogP contribution is -2.25. The molecule has 8 heteroatoms. The number of sulfonamides is 1. The Bertz CT molecular complexity index is 1190. The second-order valence-electron chi connectivity index (χ2n) is 7.44. The van der Waals surface area contributed by atoms with Crippen LogP contribution in [0, 0.1) is 0 Å². The van der Waals surface area contributed by atoms with Crippen LogP contribution in [0.25, 0.3) is 5.57 Å². The molecule has 0 amide bonds. The Morgan fingerprint density at radius 1 is 1.03 bits per heavy atom. The summed E-state index contributed by atoms with van der Waals surface area (Å²) in [7, 11) is -3.55. The number of rotatable bonds is 11. The van der Waals surface area contributed by atoms with Crippen molar-refractivity contribution in [1.29, 1.82) is 0 Å². The number of hydrogen-bond donors (Lipinski definition) is 2. The Labute approximate surface area is 202 Å². The molecule has 3 aromatic rings. The first-order valence-electron chi connectivity index (χ1n) is 10.5.